The Hall–Kier alpha value is -1.88. The van der Waals surface area contributed by atoms with Crippen molar-refractivity contribution < 1.29 is 9.59 Å². The number of carbonyl (C=O) groups is 2. The zero-order valence-electron chi connectivity index (χ0n) is 14.1. The molecular formula is C18H25N3O2. The lowest BCUT2D eigenvalue weighted by atomic mass is 9.96. The number of nitrogens with one attached hydrogen (secondary N) is 1. The SMILES string of the molecule is Cc1ccc(CN2CCN3C(=O)[C@@H](C(C)C)NC(=O)[C@H]3C2)cc1. The van der Waals surface area contributed by atoms with E-state index in [0.717, 1.165) is 13.1 Å². The first-order valence-corrected chi connectivity index (χ1v) is 8.34. The van der Waals surface area contributed by atoms with Crippen LogP contribution in [0.15, 0.2) is 24.3 Å². The predicted octanol–water partition coefficient (Wildman–Crippen LogP) is 1.16. The van der Waals surface area contributed by atoms with Crippen LogP contribution < -0.4 is 5.32 Å². The molecule has 0 unspecified atom stereocenters. The molecule has 0 bridgehead atoms. The second-order valence-electron chi connectivity index (χ2n) is 7.00. The third kappa shape index (κ3) is 3.24. The third-order valence-electron chi connectivity index (χ3n) is 4.81. The first-order valence-electron chi connectivity index (χ1n) is 8.34. The summed E-state index contributed by atoms with van der Waals surface area (Å²) in [5.74, 6) is 0.175. The smallest absolute Gasteiger partial charge is 0.246 e. The molecule has 0 saturated carbocycles. The van der Waals surface area contributed by atoms with E-state index in [-0.39, 0.29) is 29.8 Å². The van der Waals surface area contributed by atoms with E-state index < -0.39 is 0 Å². The van der Waals surface area contributed by atoms with Gasteiger partial charge in [-0.05, 0) is 18.4 Å². The van der Waals surface area contributed by atoms with Crippen LogP contribution in [0.25, 0.3) is 0 Å². The summed E-state index contributed by atoms with van der Waals surface area (Å²) in [6.07, 6.45) is 0. The van der Waals surface area contributed by atoms with Crippen molar-refractivity contribution in [2.24, 2.45) is 5.92 Å². The Morgan fingerprint density at radius 2 is 1.87 bits per heavy atom. The van der Waals surface area contributed by atoms with Crippen LogP contribution in [0.1, 0.15) is 25.0 Å². The zero-order chi connectivity index (χ0) is 16.6. The zero-order valence-corrected chi connectivity index (χ0v) is 14.1. The summed E-state index contributed by atoms with van der Waals surface area (Å²) in [5.41, 5.74) is 2.49. The highest BCUT2D eigenvalue weighted by Crippen LogP contribution is 2.20. The fraction of sp³-hybridized carbons (Fsp3) is 0.556. The van der Waals surface area contributed by atoms with Crippen LogP contribution in [0.3, 0.4) is 0 Å². The summed E-state index contributed by atoms with van der Waals surface area (Å²) >= 11 is 0. The van der Waals surface area contributed by atoms with Gasteiger partial charge in [0.15, 0.2) is 0 Å². The minimum absolute atomic E-state index is 0.0168. The van der Waals surface area contributed by atoms with Crippen molar-refractivity contribution in [1.29, 1.82) is 0 Å². The predicted molar refractivity (Wildman–Crippen MR) is 88.7 cm³/mol. The minimum atomic E-state index is -0.373. The van der Waals surface area contributed by atoms with Gasteiger partial charge in [-0.1, -0.05) is 43.7 Å². The van der Waals surface area contributed by atoms with E-state index in [9.17, 15) is 9.59 Å². The van der Waals surface area contributed by atoms with Crippen LogP contribution >= 0.6 is 0 Å². The molecule has 2 aliphatic heterocycles. The third-order valence-corrected chi connectivity index (χ3v) is 4.81. The molecule has 2 saturated heterocycles. The van der Waals surface area contributed by atoms with Gasteiger partial charge in [0.05, 0.1) is 0 Å². The molecule has 0 aromatic heterocycles. The standard InChI is InChI=1S/C18H25N3O2/c1-12(2)16-18(23)21-9-8-20(11-15(21)17(22)19-16)10-14-6-4-13(3)5-7-14/h4-7,12,15-16H,8-11H2,1-3H3,(H,19,22)/t15-,16-/m1/s1. The molecule has 1 N–H and O–H groups in total. The van der Waals surface area contributed by atoms with Crippen molar-refractivity contribution >= 4 is 11.8 Å². The fourth-order valence-corrected chi connectivity index (χ4v) is 3.36. The molecule has 0 aliphatic carbocycles. The van der Waals surface area contributed by atoms with Crippen molar-refractivity contribution in [1.82, 2.24) is 15.1 Å². The average Bonchev–Trinajstić information content (AvgIpc) is 2.53. The number of nitrogens with zero attached hydrogens (tertiary/aromatic N) is 2. The number of benzene rings is 1. The topological polar surface area (TPSA) is 52.6 Å². The van der Waals surface area contributed by atoms with Gasteiger partial charge >= 0.3 is 0 Å². The molecular weight excluding hydrogens is 290 g/mol. The van der Waals surface area contributed by atoms with Crippen LogP contribution in [0.2, 0.25) is 0 Å². The molecule has 5 heteroatoms. The van der Waals surface area contributed by atoms with Crippen LogP contribution in [0, 0.1) is 12.8 Å². The number of carbonyl (C=O) groups excluding carboxylic acids is 2. The Morgan fingerprint density at radius 3 is 2.52 bits per heavy atom. The van der Waals surface area contributed by atoms with E-state index in [1.54, 1.807) is 4.90 Å². The summed E-state index contributed by atoms with van der Waals surface area (Å²) in [6, 6.07) is 7.75. The Morgan fingerprint density at radius 1 is 1.17 bits per heavy atom. The maximum atomic E-state index is 12.5. The minimum Gasteiger partial charge on any atom is -0.342 e. The molecule has 2 heterocycles. The number of fused-ring (bicyclic) bond motifs is 1. The van der Waals surface area contributed by atoms with Gasteiger partial charge in [0.25, 0.3) is 0 Å². The monoisotopic (exact) mass is 315 g/mol. The number of piperazine rings is 2. The van der Waals surface area contributed by atoms with Gasteiger partial charge in [0.1, 0.15) is 12.1 Å². The summed E-state index contributed by atoms with van der Waals surface area (Å²) < 4.78 is 0. The number of hydrogen-bond acceptors (Lipinski definition) is 3. The molecule has 5 nitrogen and oxygen atoms in total. The van der Waals surface area contributed by atoms with Gasteiger partial charge in [-0.25, -0.2) is 0 Å². The van der Waals surface area contributed by atoms with Gasteiger partial charge < -0.3 is 10.2 Å². The molecule has 2 atom stereocenters. The van der Waals surface area contributed by atoms with Crippen molar-refractivity contribution in [3.05, 3.63) is 35.4 Å². The Labute approximate surface area is 137 Å². The van der Waals surface area contributed by atoms with Gasteiger partial charge in [-0.15, -0.1) is 0 Å². The van der Waals surface area contributed by atoms with E-state index in [4.69, 9.17) is 0 Å². The molecule has 3 rings (SSSR count). The molecule has 1 aromatic carbocycles. The summed E-state index contributed by atoms with van der Waals surface area (Å²) in [5, 5.41) is 2.90. The normalized spacial score (nSPS) is 25.5. The van der Waals surface area contributed by atoms with E-state index in [2.05, 4.69) is 41.4 Å². The van der Waals surface area contributed by atoms with Crippen LogP contribution in [0.5, 0.6) is 0 Å². The molecule has 0 spiro atoms. The maximum Gasteiger partial charge on any atom is 0.246 e. The average molecular weight is 315 g/mol. The van der Waals surface area contributed by atoms with Gasteiger partial charge in [0.2, 0.25) is 11.8 Å². The second kappa shape index (κ2) is 6.32. The quantitative estimate of drug-likeness (QED) is 0.911. The molecule has 23 heavy (non-hydrogen) atoms. The van der Waals surface area contributed by atoms with Crippen LogP contribution in [-0.2, 0) is 16.1 Å². The van der Waals surface area contributed by atoms with Crippen LogP contribution in [-0.4, -0.2) is 53.3 Å². The molecule has 124 valence electrons. The van der Waals surface area contributed by atoms with Crippen LogP contribution in [0.4, 0.5) is 0 Å². The summed E-state index contributed by atoms with van der Waals surface area (Å²) in [4.78, 5) is 29.0. The largest absolute Gasteiger partial charge is 0.342 e. The lowest BCUT2D eigenvalue weighted by molar-refractivity contribution is -0.154. The number of hydrogen-bond donors (Lipinski definition) is 1. The highest BCUT2D eigenvalue weighted by Gasteiger charge is 2.44. The van der Waals surface area contributed by atoms with Crippen molar-refractivity contribution in [3.8, 4) is 0 Å². The van der Waals surface area contributed by atoms with E-state index >= 15 is 0 Å². The number of aryl methyl sites for hydroxylation is 1. The lowest BCUT2D eigenvalue weighted by Gasteiger charge is -2.46. The van der Waals surface area contributed by atoms with E-state index in [1.165, 1.54) is 11.1 Å². The molecule has 2 aliphatic rings. The Balaban J connectivity index is 1.67. The second-order valence-corrected chi connectivity index (χ2v) is 7.00. The molecule has 2 fully saturated rings. The molecule has 0 radical (unpaired) electrons. The van der Waals surface area contributed by atoms with Gasteiger partial charge in [-0.2, -0.15) is 0 Å². The fourth-order valence-electron chi connectivity index (χ4n) is 3.36. The summed E-state index contributed by atoms with van der Waals surface area (Å²) in [6.45, 7) is 8.88. The maximum absolute atomic E-state index is 12.5. The lowest BCUT2D eigenvalue weighted by Crippen LogP contribution is -2.70. The summed E-state index contributed by atoms with van der Waals surface area (Å²) in [7, 11) is 0. The number of amides is 2. The van der Waals surface area contributed by atoms with E-state index in [1.807, 2.05) is 13.8 Å². The molecule has 1 aromatic rings. The highest BCUT2D eigenvalue weighted by molar-refractivity contribution is 5.97. The van der Waals surface area contributed by atoms with E-state index in [0.29, 0.717) is 13.1 Å². The van der Waals surface area contributed by atoms with Crippen molar-refractivity contribution in [2.75, 3.05) is 19.6 Å². The first-order chi connectivity index (χ1) is 11.0. The first kappa shape index (κ1) is 16.0. The highest BCUT2D eigenvalue weighted by atomic mass is 16.2. The Bertz CT molecular complexity index is 597. The van der Waals surface area contributed by atoms with Gasteiger partial charge in [-0.3, -0.25) is 14.5 Å². The Kier molecular flexibility index (Phi) is 4.39. The van der Waals surface area contributed by atoms with Gasteiger partial charge in [0, 0.05) is 26.2 Å². The molecule has 2 amide bonds. The van der Waals surface area contributed by atoms with Crippen molar-refractivity contribution in [2.45, 2.75) is 39.4 Å². The van der Waals surface area contributed by atoms with Crippen molar-refractivity contribution in [3.63, 3.8) is 0 Å². The number of rotatable bonds is 3.